The molecule has 1 amide bonds. The van der Waals surface area contributed by atoms with Crippen molar-refractivity contribution in [2.75, 3.05) is 45.7 Å². The highest BCUT2D eigenvalue weighted by Crippen LogP contribution is 2.20. The van der Waals surface area contributed by atoms with E-state index in [0.29, 0.717) is 30.1 Å². The third-order valence-electron chi connectivity index (χ3n) is 4.66. The largest absolute Gasteiger partial charge is 0.497 e. The lowest BCUT2D eigenvalue weighted by Crippen LogP contribution is -3.12. The Morgan fingerprint density at radius 2 is 1.78 bits per heavy atom. The number of piperazine rings is 1. The normalized spacial score (nSPS) is 16.1. The smallest absolute Gasteiger partial charge is 0.255 e. The summed E-state index contributed by atoms with van der Waals surface area (Å²) in [6.45, 7) is 2.63. The molecule has 1 saturated heterocycles. The van der Waals surface area contributed by atoms with Crippen LogP contribution in [0.4, 0.5) is 5.69 Å². The zero-order valence-electron chi connectivity index (χ0n) is 15.4. The highest BCUT2D eigenvalue weighted by atomic mass is 32.2. The van der Waals surface area contributed by atoms with E-state index in [1.54, 1.807) is 36.4 Å². The first-order valence-electron chi connectivity index (χ1n) is 8.77. The number of carbonyl (C=O) groups is 1. The van der Waals surface area contributed by atoms with Crippen LogP contribution in [0.3, 0.4) is 0 Å². The lowest BCUT2D eigenvalue weighted by atomic mass is 10.2. The van der Waals surface area contributed by atoms with Gasteiger partial charge in [-0.3, -0.25) is 4.79 Å². The SMILES string of the molecule is COc1cccc(C(=O)Nc2ccc(S(=O)(=O)N3CC[NH+](C)CC3)cc2)c1. The topological polar surface area (TPSA) is 80.1 Å². The Bertz CT molecular complexity index is 905. The second kappa shape index (κ2) is 8.08. The van der Waals surface area contributed by atoms with Crippen LogP contribution >= 0.6 is 0 Å². The Morgan fingerprint density at radius 3 is 2.41 bits per heavy atom. The van der Waals surface area contributed by atoms with Gasteiger partial charge in [0.15, 0.2) is 0 Å². The Morgan fingerprint density at radius 1 is 1.11 bits per heavy atom. The van der Waals surface area contributed by atoms with Crippen molar-refractivity contribution < 1.29 is 22.8 Å². The van der Waals surface area contributed by atoms with Gasteiger partial charge in [-0.05, 0) is 42.5 Å². The highest BCUT2D eigenvalue weighted by Gasteiger charge is 2.29. The number of carbonyl (C=O) groups excluding carboxylic acids is 1. The highest BCUT2D eigenvalue weighted by molar-refractivity contribution is 7.89. The summed E-state index contributed by atoms with van der Waals surface area (Å²) >= 11 is 0. The number of quaternary nitrogens is 1. The maximum atomic E-state index is 12.7. The Hall–Kier alpha value is -2.42. The molecule has 8 heteroatoms. The second-order valence-electron chi connectivity index (χ2n) is 6.57. The molecule has 0 spiro atoms. The third kappa shape index (κ3) is 4.47. The lowest BCUT2D eigenvalue weighted by molar-refractivity contribution is -0.883. The molecule has 144 valence electrons. The van der Waals surface area contributed by atoms with Gasteiger partial charge in [0.25, 0.3) is 5.91 Å². The minimum Gasteiger partial charge on any atom is -0.497 e. The van der Waals surface area contributed by atoms with Gasteiger partial charge in [0.2, 0.25) is 10.0 Å². The van der Waals surface area contributed by atoms with E-state index in [1.165, 1.54) is 28.4 Å². The van der Waals surface area contributed by atoms with E-state index in [9.17, 15) is 13.2 Å². The fourth-order valence-corrected chi connectivity index (χ4v) is 4.38. The van der Waals surface area contributed by atoms with Gasteiger partial charge < -0.3 is 15.0 Å². The van der Waals surface area contributed by atoms with Crippen LogP contribution in [0.15, 0.2) is 53.4 Å². The molecule has 2 aromatic carbocycles. The Balaban J connectivity index is 1.70. The van der Waals surface area contributed by atoms with E-state index in [4.69, 9.17) is 4.74 Å². The fraction of sp³-hybridized carbons (Fsp3) is 0.316. The molecule has 7 nitrogen and oxygen atoms in total. The number of amides is 1. The first-order chi connectivity index (χ1) is 12.9. The lowest BCUT2D eigenvalue weighted by Gasteiger charge is -2.29. The first kappa shape index (κ1) is 19.3. The quantitative estimate of drug-likeness (QED) is 0.778. The van der Waals surface area contributed by atoms with Gasteiger partial charge in [-0.2, -0.15) is 4.31 Å². The molecule has 1 heterocycles. The molecule has 0 aromatic heterocycles. The van der Waals surface area contributed by atoms with Crippen LogP contribution in [-0.2, 0) is 10.0 Å². The summed E-state index contributed by atoms with van der Waals surface area (Å²) in [5.74, 6) is 0.310. The van der Waals surface area contributed by atoms with Crippen LogP contribution in [0.25, 0.3) is 0 Å². The molecule has 0 radical (unpaired) electrons. The van der Waals surface area contributed by atoms with Crippen molar-refractivity contribution in [3.05, 3.63) is 54.1 Å². The maximum Gasteiger partial charge on any atom is 0.255 e. The summed E-state index contributed by atoms with van der Waals surface area (Å²) in [7, 11) is 0.0977. The van der Waals surface area contributed by atoms with E-state index >= 15 is 0 Å². The van der Waals surface area contributed by atoms with Crippen LogP contribution < -0.4 is 15.0 Å². The van der Waals surface area contributed by atoms with Crippen molar-refractivity contribution >= 4 is 21.6 Å². The van der Waals surface area contributed by atoms with E-state index in [1.807, 2.05) is 0 Å². The molecule has 0 unspecified atom stereocenters. The summed E-state index contributed by atoms with van der Waals surface area (Å²) in [6.07, 6.45) is 0. The number of benzene rings is 2. The molecule has 1 fully saturated rings. The van der Waals surface area contributed by atoms with Crippen LogP contribution in [0.2, 0.25) is 0 Å². The van der Waals surface area contributed by atoms with Gasteiger partial charge in [-0.25, -0.2) is 8.42 Å². The van der Waals surface area contributed by atoms with Crippen molar-refractivity contribution in [1.29, 1.82) is 0 Å². The number of nitrogens with zero attached hydrogens (tertiary/aromatic N) is 1. The van der Waals surface area contributed by atoms with E-state index in [2.05, 4.69) is 12.4 Å². The predicted molar refractivity (Wildman–Crippen MR) is 103 cm³/mol. The Kier molecular flexibility index (Phi) is 5.79. The van der Waals surface area contributed by atoms with E-state index in [-0.39, 0.29) is 10.8 Å². The average molecular weight is 390 g/mol. The standard InChI is InChI=1S/C19H23N3O4S/c1-21-10-12-22(13-11-21)27(24,25)18-8-6-16(7-9-18)20-19(23)15-4-3-5-17(14-15)26-2/h3-9,14H,10-13H2,1-2H3,(H,20,23)/p+1. The molecule has 1 aliphatic heterocycles. The van der Waals surface area contributed by atoms with Gasteiger partial charge in [-0.1, -0.05) is 6.07 Å². The molecule has 2 aromatic rings. The number of hydrogen-bond donors (Lipinski definition) is 2. The van der Waals surface area contributed by atoms with Crippen molar-refractivity contribution in [2.45, 2.75) is 4.90 Å². The van der Waals surface area contributed by atoms with Gasteiger partial charge in [0.1, 0.15) is 5.75 Å². The minimum absolute atomic E-state index is 0.237. The van der Waals surface area contributed by atoms with Gasteiger partial charge in [-0.15, -0.1) is 0 Å². The van der Waals surface area contributed by atoms with Gasteiger partial charge >= 0.3 is 0 Å². The van der Waals surface area contributed by atoms with Crippen LogP contribution in [0.5, 0.6) is 5.75 Å². The summed E-state index contributed by atoms with van der Waals surface area (Å²) in [6, 6.07) is 13.1. The van der Waals surface area contributed by atoms with Crippen molar-refractivity contribution in [1.82, 2.24) is 4.31 Å². The second-order valence-corrected chi connectivity index (χ2v) is 8.51. The van der Waals surface area contributed by atoms with Crippen LogP contribution in [-0.4, -0.2) is 59.0 Å². The number of sulfonamides is 1. The first-order valence-corrected chi connectivity index (χ1v) is 10.2. The summed E-state index contributed by atoms with van der Waals surface area (Å²) in [5.41, 5.74) is 0.996. The number of nitrogens with one attached hydrogen (secondary N) is 2. The summed E-state index contributed by atoms with van der Waals surface area (Å²) < 4.78 is 32.1. The maximum absolute atomic E-state index is 12.7. The summed E-state index contributed by atoms with van der Waals surface area (Å²) in [5, 5.41) is 2.77. The van der Waals surface area contributed by atoms with Crippen LogP contribution in [0.1, 0.15) is 10.4 Å². The van der Waals surface area contributed by atoms with Crippen molar-refractivity contribution in [2.24, 2.45) is 0 Å². The predicted octanol–water partition coefficient (Wildman–Crippen LogP) is 0.467. The molecule has 0 bridgehead atoms. The molecule has 0 aliphatic carbocycles. The number of ether oxygens (including phenoxy) is 1. The van der Waals surface area contributed by atoms with E-state index in [0.717, 1.165) is 13.1 Å². The molecular weight excluding hydrogens is 366 g/mol. The Labute approximate surface area is 159 Å². The molecule has 27 heavy (non-hydrogen) atoms. The zero-order chi connectivity index (χ0) is 19.4. The molecular formula is C19H24N3O4S+. The number of hydrogen-bond acceptors (Lipinski definition) is 4. The van der Waals surface area contributed by atoms with Gasteiger partial charge in [0, 0.05) is 11.3 Å². The fourth-order valence-electron chi connectivity index (χ4n) is 2.94. The van der Waals surface area contributed by atoms with Gasteiger partial charge in [0.05, 0.1) is 45.2 Å². The average Bonchev–Trinajstić information content (AvgIpc) is 2.69. The monoisotopic (exact) mass is 390 g/mol. The zero-order valence-corrected chi connectivity index (χ0v) is 16.3. The van der Waals surface area contributed by atoms with Crippen molar-refractivity contribution in [3.8, 4) is 5.75 Å². The van der Waals surface area contributed by atoms with Crippen molar-refractivity contribution in [3.63, 3.8) is 0 Å². The number of likely N-dealkylation sites (N-methyl/N-ethyl adjacent to an activating group) is 1. The number of rotatable bonds is 5. The number of anilines is 1. The van der Waals surface area contributed by atoms with E-state index < -0.39 is 10.0 Å². The number of methoxy groups -OCH3 is 1. The molecule has 0 saturated carbocycles. The molecule has 1 aliphatic rings. The molecule has 0 atom stereocenters. The molecule has 2 N–H and O–H groups in total. The third-order valence-corrected chi connectivity index (χ3v) is 6.57. The molecule has 3 rings (SSSR count). The minimum atomic E-state index is -3.50. The summed E-state index contributed by atoms with van der Waals surface area (Å²) in [4.78, 5) is 13.9. The van der Waals surface area contributed by atoms with Crippen LogP contribution in [0, 0.1) is 0 Å².